The van der Waals surface area contributed by atoms with Crippen LogP contribution in [0.15, 0.2) is 48.5 Å². The van der Waals surface area contributed by atoms with E-state index in [1.165, 1.54) is 10.6 Å². The first-order valence-electron chi connectivity index (χ1n) is 6.26. The molecule has 0 radical (unpaired) electrons. The average molecular weight is 326 g/mol. The predicted octanol–water partition coefficient (Wildman–Crippen LogP) is 3.31. The lowest BCUT2D eigenvalue weighted by atomic mass is 10.2. The minimum absolute atomic E-state index is 0.228. The van der Waals surface area contributed by atoms with Gasteiger partial charge in [0.25, 0.3) is 0 Å². The number of hydrogen-bond acceptors (Lipinski definition) is 3. The Labute approximate surface area is 130 Å². The zero-order valence-electron chi connectivity index (χ0n) is 11.8. The third-order valence-electron chi connectivity index (χ3n) is 2.98. The molecule has 0 aliphatic heterocycles. The maximum Gasteiger partial charge on any atom is 0.232 e. The summed E-state index contributed by atoms with van der Waals surface area (Å²) in [7, 11) is -1.83. The summed E-state index contributed by atoms with van der Waals surface area (Å²) < 4.78 is 30.5. The van der Waals surface area contributed by atoms with Crippen LogP contribution in [0.5, 0.6) is 5.75 Å². The number of anilines is 1. The van der Waals surface area contributed by atoms with Crippen LogP contribution in [0.4, 0.5) is 5.69 Å². The molecule has 0 atom stereocenters. The predicted molar refractivity (Wildman–Crippen MR) is 85.5 cm³/mol. The van der Waals surface area contributed by atoms with Gasteiger partial charge < -0.3 is 4.74 Å². The molecule has 0 unspecified atom stereocenters. The fourth-order valence-corrected chi connectivity index (χ4v) is 3.05. The van der Waals surface area contributed by atoms with Gasteiger partial charge in [0.1, 0.15) is 5.75 Å². The fraction of sp³-hybridized carbons (Fsp3) is 0.200. The smallest absolute Gasteiger partial charge is 0.232 e. The number of ether oxygens (including phenoxy) is 1. The van der Waals surface area contributed by atoms with Crippen LogP contribution in [0.2, 0.25) is 5.02 Å². The first-order valence-corrected chi connectivity index (χ1v) is 8.49. The van der Waals surface area contributed by atoms with Crippen molar-refractivity contribution in [2.24, 2.45) is 0 Å². The zero-order valence-corrected chi connectivity index (χ0v) is 13.4. The molecule has 0 N–H and O–H groups in total. The summed E-state index contributed by atoms with van der Waals surface area (Å²) in [6, 6.07) is 14.0. The van der Waals surface area contributed by atoms with E-state index < -0.39 is 10.0 Å². The molecule has 2 aromatic carbocycles. The van der Waals surface area contributed by atoms with E-state index in [9.17, 15) is 8.42 Å². The Kier molecular flexibility index (Phi) is 4.75. The molecule has 2 aromatic rings. The zero-order chi connectivity index (χ0) is 15.5. The molecule has 0 saturated carbocycles. The monoisotopic (exact) mass is 325 g/mol. The van der Waals surface area contributed by atoms with Crippen LogP contribution in [0.1, 0.15) is 5.56 Å². The molecule has 0 amide bonds. The number of halogens is 1. The number of hydrogen-bond donors (Lipinski definition) is 0. The van der Waals surface area contributed by atoms with Crippen LogP contribution in [-0.4, -0.2) is 21.8 Å². The van der Waals surface area contributed by atoms with Crippen LogP contribution in [0.25, 0.3) is 0 Å². The minimum atomic E-state index is -3.40. The van der Waals surface area contributed by atoms with E-state index in [1.54, 1.807) is 49.6 Å². The quantitative estimate of drug-likeness (QED) is 0.847. The summed E-state index contributed by atoms with van der Waals surface area (Å²) in [6.45, 7) is 0.228. The number of sulfonamides is 1. The second-order valence-corrected chi connectivity index (χ2v) is 6.94. The Balaban J connectivity index is 2.35. The van der Waals surface area contributed by atoms with Gasteiger partial charge in [-0.3, -0.25) is 4.31 Å². The summed E-state index contributed by atoms with van der Waals surface area (Å²) in [6.07, 6.45) is 1.18. The Morgan fingerprint density at radius 3 is 2.33 bits per heavy atom. The molecule has 0 aliphatic carbocycles. The Bertz CT molecular complexity index is 714. The molecule has 0 aliphatic rings. The van der Waals surface area contributed by atoms with Gasteiger partial charge in [-0.05, 0) is 42.0 Å². The number of nitrogens with zero attached hydrogens (tertiary/aromatic N) is 1. The standard InChI is InChI=1S/C15H16ClNO3S/c1-20-15-8-6-14(7-9-15)17(21(2,18)19)11-12-4-3-5-13(16)10-12/h3-10H,11H2,1-2H3. The van der Waals surface area contributed by atoms with Crippen molar-refractivity contribution in [3.8, 4) is 5.75 Å². The summed E-state index contributed by atoms with van der Waals surface area (Å²) >= 11 is 5.94. The minimum Gasteiger partial charge on any atom is -0.497 e. The fourth-order valence-electron chi connectivity index (χ4n) is 1.95. The maximum absolute atomic E-state index is 12.0. The van der Waals surface area contributed by atoms with Crippen molar-refractivity contribution in [3.05, 3.63) is 59.1 Å². The largest absolute Gasteiger partial charge is 0.497 e. The van der Waals surface area contributed by atoms with Crippen LogP contribution in [0.3, 0.4) is 0 Å². The van der Waals surface area contributed by atoms with Gasteiger partial charge in [0.2, 0.25) is 10.0 Å². The highest BCUT2D eigenvalue weighted by molar-refractivity contribution is 7.92. The Morgan fingerprint density at radius 2 is 1.81 bits per heavy atom. The van der Waals surface area contributed by atoms with Gasteiger partial charge in [-0.25, -0.2) is 8.42 Å². The number of methoxy groups -OCH3 is 1. The summed E-state index contributed by atoms with van der Waals surface area (Å²) in [5.41, 5.74) is 1.40. The lowest BCUT2D eigenvalue weighted by Crippen LogP contribution is -2.29. The SMILES string of the molecule is COc1ccc(N(Cc2cccc(Cl)c2)S(C)(=O)=O)cc1. The van der Waals surface area contributed by atoms with E-state index in [0.717, 1.165) is 5.56 Å². The van der Waals surface area contributed by atoms with E-state index >= 15 is 0 Å². The molecule has 6 heteroatoms. The highest BCUT2D eigenvalue weighted by atomic mass is 35.5. The summed E-state index contributed by atoms with van der Waals surface area (Å²) in [5, 5.41) is 0.579. The highest BCUT2D eigenvalue weighted by Crippen LogP contribution is 2.24. The topological polar surface area (TPSA) is 46.6 Å². The van der Waals surface area contributed by atoms with Gasteiger partial charge in [0, 0.05) is 5.02 Å². The van der Waals surface area contributed by atoms with Gasteiger partial charge >= 0.3 is 0 Å². The van der Waals surface area contributed by atoms with Crippen LogP contribution < -0.4 is 9.04 Å². The molecule has 0 heterocycles. The summed E-state index contributed by atoms with van der Waals surface area (Å²) in [5.74, 6) is 0.676. The normalized spacial score (nSPS) is 11.2. The van der Waals surface area contributed by atoms with Crippen LogP contribution in [-0.2, 0) is 16.6 Å². The number of benzene rings is 2. The Hall–Kier alpha value is -1.72. The lowest BCUT2D eigenvalue weighted by Gasteiger charge is -2.22. The van der Waals surface area contributed by atoms with Crippen molar-refractivity contribution >= 4 is 27.3 Å². The van der Waals surface area contributed by atoms with E-state index in [1.807, 2.05) is 6.07 Å². The van der Waals surface area contributed by atoms with Crippen LogP contribution >= 0.6 is 11.6 Å². The average Bonchev–Trinajstić information content (AvgIpc) is 2.44. The summed E-state index contributed by atoms with van der Waals surface area (Å²) in [4.78, 5) is 0. The van der Waals surface area contributed by atoms with Crippen LogP contribution in [0, 0.1) is 0 Å². The van der Waals surface area contributed by atoms with Gasteiger partial charge in [-0.15, -0.1) is 0 Å². The van der Waals surface area contributed by atoms with Crippen molar-refractivity contribution in [1.29, 1.82) is 0 Å². The van der Waals surface area contributed by atoms with Crippen molar-refractivity contribution in [3.63, 3.8) is 0 Å². The van der Waals surface area contributed by atoms with Gasteiger partial charge in [0.05, 0.1) is 25.6 Å². The van der Waals surface area contributed by atoms with Gasteiger partial charge in [-0.1, -0.05) is 23.7 Å². The molecule has 4 nitrogen and oxygen atoms in total. The number of rotatable bonds is 5. The van der Waals surface area contributed by atoms with E-state index in [0.29, 0.717) is 16.5 Å². The third-order valence-corrected chi connectivity index (χ3v) is 4.35. The molecule has 0 fully saturated rings. The third kappa shape index (κ3) is 4.12. The highest BCUT2D eigenvalue weighted by Gasteiger charge is 2.18. The molecule has 0 saturated heterocycles. The van der Waals surface area contributed by atoms with Crippen molar-refractivity contribution in [2.75, 3.05) is 17.7 Å². The van der Waals surface area contributed by atoms with Gasteiger partial charge in [-0.2, -0.15) is 0 Å². The molecule has 2 rings (SSSR count). The molecular formula is C15H16ClNO3S. The molecule has 112 valence electrons. The van der Waals surface area contributed by atoms with Crippen molar-refractivity contribution in [1.82, 2.24) is 0 Å². The van der Waals surface area contributed by atoms with Gasteiger partial charge in [0.15, 0.2) is 0 Å². The molecule has 0 spiro atoms. The lowest BCUT2D eigenvalue weighted by molar-refractivity contribution is 0.415. The maximum atomic E-state index is 12.0. The van der Waals surface area contributed by atoms with Crippen molar-refractivity contribution in [2.45, 2.75) is 6.54 Å². The van der Waals surface area contributed by atoms with E-state index in [2.05, 4.69) is 0 Å². The first kappa shape index (κ1) is 15.7. The molecule has 0 aromatic heterocycles. The second-order valence-electron chi connectivity index (χ2n) is 4.60. The molecular weight excluding hydrogens is 310 g/mol. The second kappa shape index (κ2) is 6.37. The van der Waals surface area contributed by atoms with E-state index in [4.69, 9.17) is 16.3 Å². The molecule has 0 bridgehead atoms. The molecule has 21 heavy (non-hydrogen) atoms. The first-order chi connectivity index (χ1) is 9.90. The van der Waals surface area contributed by atoms with Crippen molar-refractivity contribution < 1.29 is 13.2 Å². The van der Waals surface area contributed by atoms with E-state index in [-0.39, 0.29) is 6.54 Å². The Morgan fingerprint density at radius 1 is 1.14 bits per heavy atom.